The summed E-state index contributed by atoms with van der Waals surface area (Å²) >= 11 is 3.66. The average Bonchev–Trinajstić information content (AvgIpc) is 3.37. The van der Waals surface area contributed by atoms with Crippen LogP contribution < -0.4 is 5.32 Å². The maximum atomic E-state index is 12.7. The summed E-state index contributed by atoms with van der Waals surface area (Å²) in [4.78, 5) is 24.8. The molecule has 2 aromatic rings. The number of carbonyl (C=O) groups excluding carboxylic acids is 2. The molecule has 1 aliphatic carbocycles. The van der Waals surface area contributed by atoms with E-state index in [4.69, 9.17) is 9.47 Å². The monoisotopic (exact) mass is 450 g/mol. The number of nitrogens with zero attached hydrogens (tertiary/aromatic N) is 1. The van der Waals surface area contributed by atoms with Gasteiger partial charge in [-0.25, -0.2) is 9.59 Å². The number of esters is 1. The Balaban J connectivity index is 2.01. The van der Waals surface area contributed by atoms with Gasteiger partial charge in [-0.2, -0.15) is 0 Å². The Labute approximate surface area is 173 Å². The van der Waals surface area contributed by atoms with E-state index in [1.54, 1.807) is 6.92 Å². The van der Waals surface area contributed by atoms with Crippen LogP contribution in [-0.4, -0.2) is 28.8 Å². The molecule has 7 heteroatoms. The number of aryl methyl sites for hydroxylation is 1. The molecule has 1 aromatic heterocycles. The van der Waals surface area contributed by atoms with Crippen LogP contribution in [0.25, 0.3) is 10.9 Å². The van der Waals surface area contributed by atoms with Gasteiger partial charge in [0.25, 0.3) is 0 Å². The summed E-state index contributed by atoms with van der Waals surface area (Å²) in [6.45, 7) is 7.67. The standard InChI is InChI=1S/C21H27BrN2O4/c1-6-27-19(25)18-14-9-15(22)13(12-7-8-12)10-16(14)24(5)17(18)11-23-20(26)28-21(2,3)4/h9-10,12H,6-8,11H2,1-5H3,(H,23,26). The summed E-state index contributed by atoms with van der Waals surface area (Å²) in [6, 6.07) is 4.13. The molecule has 0 spiro atoms. The third-order valence-corrected chi connectivity index (χ3v) is 5.42. The lowest BCUT2D eigenvalue weighted by Gasteiger charge is -2.20. The largest absolute Gasteiger partial charge is 0.462 e. The number of hydrogen-bond acceptors (Lipinski definition) is 4. The zero-order chi connectivity index (χ0) is 20.6. The van der Waals surface area contributed by atoms with E-state index >= 15 is 0 Å². The van der Waals surface area contributed by atoms with Crippen LogP contribution in [0.1, 0.15) is 68.1 Å². The van der Waals surface area contributed by atoms with Crippen molar-refractivity contribution in [1.29, 1.82) is 0 Å². The second-order valence-electron chi connectivity index (χ2n) is 8.12. The van der Waals surface area contributed by atoms with Gasteiger partial charge in [0.2, 0.25) is 0 Å². The molecule has 0 bridgehead atoms. The summed E-state index contributed by atoms with van der Waals surface area (Å²) in [5.74, 6) is 0.184. The smallest absolute Gasteiger partial charge is 0.407 e. The number of halogens is 1. The van der Waals surface area contributed by atoms with Crippen LogP contribution in [0.2, 0.25) is 0 Å². The first kappa shape index (κ1) is 20.7. The summed E-state index contributed by atoms with van der Waals surface area (Å²) in [7, 11) is 1.90. The number of carbonyl (C=O) groups is 2. The summed E-state index contributed by atoms with van der Waals surface area (Å²) in [5, 5.41) is 3.58. The fraction of sp³-hybridized carbons (Fsp3) is 0.524. The Hall–Kier alpha value is -2.02. The first-order valence-corrected chi connectivity index (χ1v) is 10.4. The maximum Gasteiger partial charge on any atom is 0.407 e. The van der Waals surface area contributed by atoms with Gasteiger partial charge in [0, 0.05) is 22.4 Å². The number of aromatic nitrogens is 1. The number of hydrogen-bond donors (Lipinski definition) is 1. The Bertz CT molecular complexity index is 923. The average molecular weight is 451 g/mol. The van der Waals surface area contributed by atoms with Gasteiger partial charge in [-0.15, -0.1) is 0 Å². The van der Waals surface area contributed by atoms with Crippen LogP contribution in [0, 0.1) is 0 Å². The van der Waals surface area contributed by atoms with E-state index in [0.717, 1.165) is 15.4 Å². The summed E-state index contributed by atoms with van der Waals surface area (Å²) < 4.78 is 13.6. The minimum atomic E-state index is -0.586. The molecule has 1 aliphatic rings. The number of amides is 1. The van der Waals surface area contributed by atoms with Crippen molar-refractivity contribution in [2.75, 3.05) is 6.61 Å². The van der Waals surface area contributed by atoms with E-state index in [1.807, 2.05) is 38.5 Å². The van der Waals surface area contributed by atoms with Crippen molar-refractivity contribution in [3.63, 3.8) is 0 Å². The van der Waals surface area contributed by atoms with Crippen LogP contribution in [0.15, 0.2) is 16.6 Å². The molecule has 1 fully saturated rings. The van der Waals surface area contributed by atoms with Crippen molar-refractivity contribution in [3.05, 3.63) is 33.4 Å². The van der Waals surface area contributed by atoms with Crippen LogP contribution in [-0.2, 0) is 23.1 Å². The fourth-order valence-electron chi connectivity index (χ4n) is 3.34. The first-order valence-electron chi connectivity index (χ1n) is 9.57. The lowest BCUT2D eigenvalue weighted by Crippen LogP contribution is -2.33. The number of fused-ring (bicyclic) bond motifs is 1. The molecule has 1 heterocycles. The van der Waals surface area contributed by atoms with E-state index in [-0.39, 0.29) is 19.1 Å². The molecule has 28 heavy (non-hydrogen) atoms. The minimum Gasteiger partial charge on any atom is -0.462 e. The molecule has 0 unspecified atom stereocenters. The van der Waals surface area contributed by atoms with Crippen LogP contribution in [0.4, 0.5) is 4.79 Å². The molecule has 0 aliphatic heterocycles. The lowest BCUT2D eigenvalue weighted by molar-refractivity contribution is 0.0502. The molecule has 0 saturated heterocycles. The highest BCUT2D eigenvalue weighted by molar-refractivity contribution is 9.10. The Morgan fingerprint density at radius 2 is 1.96 bits per heavy atom. The molecule has 0 atom stereocenters. The lowest BCUT2D eigenvalue weighted by atomic mass is 10.1. The number of nitrogens with one attached hydrogen (secondary N) is 1. The van der Waals surface area contributed by atoms with Crippen molar-refractivity contribution in [2.45, 2.75) is 58.6 Å². The summed E-state index contributed by atoms with van der Waals surface area (Å²) in [6.07, 6.45) is 1.85. The molecule has 1 aromatic carbocycles. The fourth-order valence-corrected chi connectivity index (χ4v) is 4.01. The van der Waals surface area contributed by atoms with Gasteiger partial charge >= 0.3 is 12.1 Å². The van der Waals surface area contributed by atoms with Gasteiger partial charge in [0.05, 0.1) is 24.4 Å². The molecule has 6 nitrogen and oxygen atoms in total. The van der Waals surface area contributed by atoms with Gasteiger partial charge < -0.3 is 19.4 Å². The van der Waals surface area contributed by atoms with Crippen molar-refractivity contribution in [1.82, 2.24) is 9.88 Å². The van der Waals surface area contributed by atoms with Crippen LogP contribution in [0.3, 0.4) is 0 Å². The molecule has 152 valence electrons. The van der Waals surface area contributed by atoms with Gasteiger partial charge in [-0.05, 0) is 64.2 Å². The van der Waals surface area contributed by atoms with Crippen LogP contribution in [0.5, 0.6) is 0 Å². The van der Waals surface area contributed by atoms with Gasteiger partial charge in [0.1, 0.15) is 5.60 Å². The SMILES string of the molecule is CCOC(=O)c1c(CNC(=O)OC(C)(C)C)n(C)c2cc(C3CC3)c(Br)cc12. The van der Waals surface area contributed by atoms with E-state index in [1.165, 1.54) is 18.4 Å². The topological polar surface area (TPSA) is 69.6 Å². The van der Waals surface area contributed by atoms with Gasteiger partial charge in [-0.1, -0.05) is 15.9 Å². The third kappa shape index (κ3) is 4.35. The Morgan fingerprint density at radius 3 is 2.54 bits per heavy atom. The van der Waals surface area contributed by atoms with Crippen molar-refractivity contribution in [3.8, 4) is 0 Å². The predicted octanol–water partition coefficient (Wildman–Crippen LogP) is 5.02. The number of benzene rings is 1. The van der Waals surface area contributed by atoms with Crippen molar-refractivity contribution < 1.29 is 19.1 Å². The molecule has 3 rings (SSSR count). The molecular weight excluding hydrogens is 424 g/mol. The van der Waals surface area contributed by atoms with Gasteiger partial charge in [0.15, 0.2) is 0 Å². The van der Waals surface area contributed by atoms with Crippen molar-refractivity contribution >= 4 is 38.9 Å². The zero-order valence-corrected chi connectivity index (χ0v) is 18.6. The first-order chi connectivity index (χ1) is 13.1. The zero-order valence-electron chi connectivity index (χ0n) is 17.0. The highest BCUT2D eigenvalue weighted by Gasteiger charge is 2.29. The molecule has 1 saturated carbocycles. The molecule has 1 N–H and O–H groups in total. The maximum absolute atomic E-state index is 12.7. The molecular formula is C21H27BrN2O4. The number of rotatable bonds is 5. The van der Waals surface area contributed by atoms with E-state index in [0.29, 0.717) is 17.2 Å². The predicted molar refractivity (Wildman–Crippen MR) is 112 cm³/mol. The minimum absolute atomic E-state index is 0.171. The molecule has 0 radical (unpaired) electrons. The second kappa shape index (κ2) is 7.78. The highest BCUT2D eigenvalue weighted by Crippen LogP contribution is 2.45. The Kier molecular flexibility index (Phi) is 5.75. The number of ether oxygens (including phenoxy) is 2. The van der Waals surface area contributed by atoms with E-state index in [2.05, 4.69) is 27.3 Å². The normalized spacial score (nSPS) is 14.2. The highest BCUT2D eigenvalue weighted by atomic mass is 79.9. The quantitative estimate of drug-likeness (QED) is 0.649. The Morgan fingerprint density at radius 1 is 1.29 bits per heavy atom. The van der Waals surface area contributed by atoms with Crippen LogP contribution >= 0.6 is 15.9 Å². The van der Waals surface area contributed by atoms with E-state index < -0.39 is 11.7 Å². The molecule has 1 amide bonds. The van der Waals surface area contributed by atoms with Crippen molar-refractivity contribution in [2.24, 2.45) is 7.05 Å². The number of alkyl carbamates (subject to hydrolysis) is 1. The van der Waals surface area contributed by atoms with Gasteiger partial charge in [-0.3, -0.25) is 0 Å². The summed E-state index contributed by atoms with van der Waals surface area (Å²) in [5.41, 5.74) is 2.80. The van der Waals surface area contributed by atoms with E-state index in [9.17, 15) is 9.59 Å². The second-order valence-corrected chi connectivity index (χ2v) is 8.98. The third-order valence-electron chi connectivity index (χ3n) is 4.73.